The molecule has 0 fully saturated rings. The molecule has 0 amide bonds. The number of pyridine rings is 1. The molecule has 0 saturated heterocycles. The van der Waals surface area contributed by atoms with Gasteiger partial charge in [-0.05, 0) is 53.4 Å². The van der Waals surface area contributed by atoms with Crippen LogP contribution in [-0.4, -0.2) is 4.98 Å². The molecule has 0 saturated carbocycles. The second-order valence-corrected chi connectivity index (χ2v) is 7.28. The van der Waals surface area contributed by atoms with Crippen LogP contribution in [0.1, 0.15) is 35.2 Å². The van der Waals surface area contributed by atoms with Crippen LogP contribution in [0.15, 0.2) is 103 Å². The smallest absolute Gasteiger partial charge is 0.261 e. The van der Waals surface area contributed by atoms with Crippen LogP contribution in [0.4, 0.5) is 13.2 Å². The Morgan fingerprint density at radius 3 is 1.90 bits per heavy atom. The number of aryl methyl sites for hydroxylation is 1. The Morgan fingerprint density at radius 2 is 1.32 bits per heavy atom. The molecule has 4 aromatic rings. The highest BCUT2D eigenvalue weighted by Gasteiger charge is 2.29. The summed E-state index contributed by atoms with van der Waals surface area (Å²) < 4.78 is 37.2. The van der Waals surface area contributed by atoms with Gasteiger partial charge in [0.2, 0.25) is 0 Å². The van der Waals surface area contributed by atoms with E-state index in [4.69, 9.17) is 0 Å². The molecule has 1 aromatic heterocycles. The summed E-state index contributed by atoms with van der Waals surface area (Å²) in [5.74, 6) is 0.373. The predicted molar refractivity (Wildman–Crippen MR) is 120 cm³/mol. The van der Waals surface area contributed by atoms with Crippen LogP contribution < -0.4 is 0 Å². The molecule has 158 valence electrons. The summed E-state index contributed by atoms with van der Waals surface area (Å²) in [6.07, 6.45) is -2.43. The Balaban J connectivity index is 0.000000179. The molecule has 1 atom stereocenters. The van der Waals surface area contributed by atoms with Gasteiger partial charge in [0.15, 0.2) is 0 Å². The van der Waals surface area contributed by atoms with Gasteiger partial charge >= 0.3 is 6.18 Å². The van der Waals surface area contributed by atoms with E-state index in [0.717, 1.165) is 34.5 Å². The number of hydrogen-bond acceptors (Lipinski definition) is 1. The van der Waals surface area contributed by atoms with Crippen molar-refractivity contribution >= 4 is 0 Å². The average molecular weight is 419 g/mol. The maximum Gasteiger partial charge on any atom is 0.416 e. The first-order valence-electron chi connectivity index (χ1n) is 10.1. The minimum absolute atomic E-state index is 0.373. The Labute approximate surface area is 181 Å². The van der Waals surface area contributed by atoms with E-state index in [1.807, 2.05) is 55.6 Å². The van der Waals surface area contributed by atoms with Gasteiger partial charge in [-0.25, -0.2) is 0 Å². The SMILES string of the molecule is CC(c1ccccc1)c1ccccn1.Cc1ccccc1-c1ccc(C(F)(F)F)cc1. The molecule has 0 aliphatic carbocycles. The highest BCUT2D eigenvalue weighted by molar-refractivity contribution is 5.67. The summed E-state index contributed by atoms with van der Waals surface area (Å²) >= 11 is 0. The van der Waals surface area contributed by atoms with E-state index < -0.39 is 11.7 Å². The summed E-state index contributed by atoms with van der Waals surface area (Å²) in [5.41, 5.74) is 4.63. The van der Waals surface area contributed by atoms with Crippen molar-refractivity contribution in [2.45, 2.75) is 25.9 Å². The number of nitrogens with zero attached hydrogens (tertiary/aromatic N) is 1. The van der Waals surface area contributed by atoms with Crippen LogP contribution in [0.25, 0.3) is 11.1 Å². The lowest BCUT2D eigenvalue weighted by Crippen LogP contribution is -2.04. The molecule has 0 bridgehead atoms. The minimum atomic E-state index is -4.27. The third-order valence-corrected chi connectivity index (χ3v) is 5.10. The fourth-order valence-corrected chi connectivity index (χ4v) is 3.28. The van der Waals surface area contributed by atoms with Crippen molar-refractivity contribution in [3.05, 3.63) is 126 Å². The van der Waals surface area contributed by atoms with Crippen molar-refractivity contribution in [2.75, 3.05) is 0 Å². The zero-order valence-electron chi connectivity index (χ0n) is 17.5. The Kier molecular flexibility index (Phi) is 7.24. The molecule has 0 aliphatic heterocycles. The van der Waals surface area contributed by atoms with Gasteiger partial charge in [0.05, 0.1) is 5.56 Å². The standard InChI is InChI=1S/C14H11F3.C13H13N/c1-10-4-2-3-5-13(10)11-6-8-12(9-7-11)14(15,16)17;1-11(12-7-3-2-4-8-12)13-9-5-6-10-14-13/h2-9H,1H3;2-11H,1H3. The van der Waals surface area contributed by atoms with Gasteiger partial charge in [-0.15, -0.1) is 0 Å². The third-order valence-electron chi connectivity index (χ3n) is 5.10. The lowest BCUT2D eigenvalue weighted by atomic mass is 9.97. The van der Waals surface area contributed by atoms with E-state index in [-0.39, 0.29) is 0 Å². The topological polar surface area (TPSA) is 12.9 Å². The molecule has 1 unspecified atom stereocenters. The normalized spacial score (nSPS) is 11.9. The van der Waals surface area contributed by atoms with Gasteiger partial charge in [-0.3, -0.25) is 4.98 Å². The number of halogens is 3. The Hall–Kier alpha value is -3.40. The van der Waals surface area contributed by atoms with Crippen LogP contribution >= 0.6 is 0 Å². The molecule has 1 heterocycles. The van der Waals surface area contributed by atoms with Gasteiger partial charge in [-0.1, -0.05) is 79.7 Å². The highest BCUT2D eigenvalue weighted by atomic mass is 19.4. The van der Waals surface area contributed by atoms with Crippen molar-refractivity contribution in [1.29, 1.82) is 0 Å². The van der Waals surface area contributed by atoms with Crippen molar-refractivity contribution in [2.24, 2.45) is 0 Å². The molecule has 0 aliphatic rings. The lowest BCUT2D eigenvalue weighted by Gasteiger charge is -2.10. The molecule has 0 N–H and O–H groups in total. The van der Waals surface area contributed by atoms with Crippen molar-refractivity contribution < 1.29 is 13.2 Å². The van der Waals surface area contributed by atoms with Crippen molar-refractivity contribution in [3.8, 4) is 11.1 Å². The summed E-state index contributed by atoms with van der Waals surface area (Å²) in [4.78, 5) is 4.36. The average Bonchev–Trinajstić information content (AvgIpc) is 2.80. The second kappa shape index (κ2) is 10.1. The molecule has 4 heteroatoms. The first-order valence-corrected chi connectivity index (χ1v) is 10.1. The van der Waals surface area contributed by atoms with Gasteiger partial charge < -0.3 is 0 Å². The van der Waals surface area contributed by atoms with Gasteiger partial charge in [0.1, 0.15) is 0 Å². The quantitative estimate of drug-likeness (QED) is 0.329. The Morgan fingerprint density at radius 1 is 0.710 bits per heavy atom. The zero-order valence-corrected chi connectivity index (χ0v) is 17.5. The van der Waals surface area contributed by atoms with E-state index in [1.165, 1.54) is 17.7 Å². The van der Waals surface area contributed by atoms with Crippen molar-refractivity contribution in [3.63, 3.8) is 0 Å². The number of benzene rings is 3. The fourth-order valence-electron chi connectivity index (χ4n) is 3.28. The van der Waals surface area contributed by atoms with E-state index in [0.29, 0.717) is 5.92 Å². The molecule has 0 radical (unpaired) electrons. The highest BCUT2D eigenvalue weighted by Crippen LogP contribution is 2.31. The van der Waals surface area contributed by atoms with Crippen LogP contribution in [-0.2, 0) is 6.18 Å². The first-order chi connectivity index (χ1) is 14.9. The third kappa shape index (κ3) is 6.05. The summed E-state index contributed by atoms with van der Waals surface area (Å²) in [6, 6.07) is 29.3. The summed E-state index contributed by atoms with van der Waals surface area (Å²) in [7, 11) is 0. The molecular weight excluding hydrogens is 395 g/mol. The summed E-state index contributed by atoms with van der Waals surface area (Å²) in [6.45, 7) is 4.12. The second-order valence-electron chi connectivity index (χ2n) is 7.28. The van der Waals surface area contributed by atoms with E-state index in [1.54, 1.807) is 0 Å². The van der Waals surface area contributed by atoms with E-state index in [9.17, 15) is 13.2 Å². The first kappa shape index (κ1) is 22.3. The van der Waals surface area contributed by atoms with E-state index in [2.05, 4.69) is 42.2 Å². The molecule has 31 heavy (non-hydrogen) atoms. The van der Waals surface area contributed by atoms with Gasteiger partial charge in [-0.2, -0.15) is 13.2 Å². The van der Waals surface area contributed by atoms with Crippen LogP contribution in [0, 0.1) is 6.92 Å². The number of aromatic nitrogens is 1. The van der Waals surface area contributed by atoms with Crippen molar-refractivity contribution in [1.82, 2.24) is 4.98 Å². The maximum atomic E-state index is 12.4. The largest absolute Gasteiger partial charge is 0.416 e. The monoisotopic (exact) mass is 419 g/mol. The fraction of sp³-hybridized carbons (Fsp3) is 0.148. The van der Waals surface area contributed by atoms with Crippen LogP contribution in [0.2, 0.25) is 0 Å². The number of alkyl halides is 3. The minimum Gasteiger partial charge on any atom is -0.261 e. The van der Waals surface area contributed by atoms with Crippen LogP contribution in [0.3, 0.4) is 0 Å². The predicted octanol–water partition coefficient (Wildman–Crippen LogP) is 7.91. The molecule has 0 spiro atoms. The lowest BCUT2D eigenvalue weighted by molar-refractivity contribution is -0.137. The maximum absolute atomic E-state index is 12.4. The molecule has 1 nitrogen and oxygen atoms in total. The zero-order chi connectivity index (χ0) is 22.3. The molecule has 3 aromatic carbocycles. The van der Waals surface area contributed by atoms with E-state index >= 15 is 0 Å². The molecule has 4 rings (SSSR count). The Bertz CT molecular complexity index is 1030. The van der Waals surface area contributed by atoms with Crippen LogP contribution in [0.5, 0.6) is 0 Å². The van der Waals surface area contributed by atoms with Gasteiger partial charge in [0, 0.05) is 17.8 Å². The number of hydrogen-bond donors (Lipinski definition) is 0. The molecular formula is C27H24F3N. The number of rotatable bonds is 3. The summed E-state index contributed by atoms with van der Waals surface area (Å²) in [5, 5.41) is 0. The van der Waals surface area contributed by atoms with Gasteiger partial charge in [0.25, 0.3) is 0 Å².